The van der Waals surface area contributed by atoms with Crippen LogP contribution in [0, 0.1) is 0 Å². The number of methoxy groups -OCH3 is 2. The molecule has 40 heavy (non-hydrogen) atoms. The molecule has 1 aromatic heterocycles. The summed E-state index contributed by atoms with van der Waals surface area (Å²) in [5, 5.41) is 11.0. The molecule has 1 heterocycles. The van der Waals surface area contributed by atoms with Gasteiger partial charge in [0.2, 0.25) is 5.76 Å². The lowest BCUT2D eigenvalue weighted by Crippen LogP contribution is -2.21. The lowest BCUT2D eigenvalue weighted by atomic mass is 10.1. The second kappa shape index (κ2) is 19.3. The molecule has 0 fully saturated rings. The van der Waals surface area contributed by atoms with E-state index in [1.54, 1.807) is 18.2 Å². The molecule has 0 saturated heterocycles. The summed E-state index contributed by atoms with van der Waals surface area (Å²) in [6.07, 6.45) is 19.8. The number of fused-ring (bicyclic) bond motifs is 1. The van der Waals surface area contributed by atoms with Crippen LogP contribution in [0.2, 0.25) is 0 Å². The molecule has 8 heteroatoms. The van der Waals surface area contributed by atoms with Crippen LogP contribution in [0.25, 0.3) is 11.0 Å². The maximum Gasteiger partial charge on any atom is 0.374 e. The molecule has 7 nitrogen and oxygen atoms in total. The number of ether oxygens (including phenoxy) is 2. The van der Waals surface area contributed by atoms with Crippen molar-refractivity contribution in [1.82, 2.24) is 0 Å². The zero-order chi connectivity index (χ0) is 29.2. The molecular weight excluding hydrogens is 528 g/mol. The molecular formula is C32H44O7S. The van der Waals surface area contributed by atoms with Gasteiger partial charge in [-0.25, -0.2) is 4.79 Å². The number of aliphatic hydroxyl groups excluding tert-OH is 1. The Morgan fingerprint density at radius 2 is 1.70 bits per heavy atom. The number of benzene rings is 1. The predicted octanol–water partition coefficient (Wildman–Crippen LogP) is 7.39. The van der Waals surface area contributed by atoms with Gasteiger partial charge >= 0.3 is 11.9 Å². The van der Waals surface area contributed by atoms with Gasteiger partial charge in [0.1, 0.15) is 5.58 Å². The third-order valence-electron chi connectivity index (χ3n) is 6.62. The number of carbonyl (C=O) groups is 2. The predicted molar refractivity (Wildman–Crippen MR) is 161 cm³/mol. The molecule has 1 N–H and O–H groups in total. The molecule has 2 rings (SSSR count). The Hall–Kier alpha value is -2.84. The molecule has 0 unspecified atom stereocenters. The van der Waals surface area contributed by atoms with Crippen LogP contribution in [0.5, 0.6) is 0 Å². The fourth-order valence-electron chi connectivity index (χ4n) is 4.28. The molecule has 1 aromatic carbocycles. The van der Waals surface area contributed by atoms with Crippen LogP contribution in [-0.2, 0) is 14.3 Å². The molecule has 0 bridgehead atoms. The Kier molecular flexibility index (Phi) is 16.1. The van der Waals surface area contributed by atoms with Gasteiger partial charge in [0.05, 0.1) is 31.0 Å². The van der Waals surface area contributed by atoms with Crippen LogP contribution in [0.3, 0.4) is 0 Å². The molecule has 2 aromatic rings. The van der Waals surface area contributed by atoms with E-state index in [0.717, 1.165) is 17.4 Å². The second-order valence-corrected chi connectivity index (χ2v) is 11.1. The number of allylic oxidation sites excluding steroid dienone is 3. The summed E-state index contributed by atoms with van der Waals surface area (Å²) in [5.41, 5.74) is -0.0646. The molecule has 0 aliphatic rings. The molecule has 0 aliphatic heterocycles. The molecule has 0 spiro atoms. The largest absolute Gasteiger partial charge is 0.469 e. The summed E-state index contributed by atoms with van der Waals surface area (Å²) in [6, 6.07) is 6.26. The van der Waals surface area contributed by atoms with Crippen LogP contribution >= 0.6 is 11.8 Å². The summed E-state index contributed by atoms with van der Waals surface area (Å²) >= 11 is 1.42. The smallest absolute Gasteiger partial charge is 0.374 e. The summed E-state index contributed by atoms with van der Waals surface area (Å²) in [6.45, 7) is 2.24. The number of unbranched alkanes of at least 4 members (excludes halogenated alkanes) is 8. The molecule has 0 saturated carbocycles. The number of carbonyl (C=O) groups excluding carboxylic acids is 2. The average Bonchev–Trinajstić information content (AvgIpc) is 2.96. The van der Waals surface area contributed by atoms with Crippen molar-refractivity contribution >= 4 is 34.7 Å². The first-order valence-corrected chi connectivity index (χ1v) is 15.2. The zero-order valence-electron chi connectivity index (χ0n) is 24.1. The summed E-state index contributed by atoms with van der Waals surface area (Å²) in [7, 11) is 2.57. The van der Waals surface area contributed by atoms with Gasteiger partial charge < -0.3 is 19.0 Å². The maximum absolute atomic E-state index is 12.4. The van der Waals surface area contributed by atoms with E-state index in [1.807, 2.05) is 18.2 Å². The first kappa shape index (κ1) is 33.4. The van der Waals surface area contributed by atoms with Crippen molar-refractivity contribution in [2.45, 2.75) is 100 Å². The van der Waals surface area contributed by atoms with Gasteiger partial charge in [-0.1, -0.05) is 76.2 Å². The Morgan fingerprint density at radius 1 is 0.975 bits per heavy atom. The summed E-state index contributed by atoms with van der Waals surface area (Å²) < 4.78 is 15.0. The van der Waals surface area contributed by atoms with Crippen LogP contribution in [0.1, 0.15) is 94.5 Å². The molecule has 0 radical (unpaired) electrons. The highest BCUT2D eigenvalue weighted by Crippen LogP contribution is 2.30. The van der Waals surface area contributed by atoms with Gasteiger partial charge in [0.25, 0.3) is 0 Å². The Labute approximate surface area is 242 Å². The van der Waals surface area contributed by atoms with Gasteiger partial charge in [0, 0.05) is 17.4 Å². The molecule has 0 aliphatic carbocycles. The topological polar surface area (TPSA) is 103 Å². The fraction of sp³-hybridized carbons (Fsp3) is 0.531. The average molecular weight is 573 g/mol. The third-order valence-corrected chi connectivity index (χ3v) is 7.89. The van der Waals surface area contributed by atoms with E-state index in [0.29, 0.717) is 18.2 Å². The maximum atomic E-state index is 12.4. The minimum atomic E-state index is -0.724. The Balaban J connectivity index is 2.04. The summed E-state index contributed by atoms with van der Waals surface area (Å²) in [4.78, 5) is 36.6. The third kappa shape index (κ3) is 12.1. The van der Waals surface area contributed by atoms with Gasteiger partial charge in [0.15, 0.2) is 5.43 Å². The van der Waals surface area contributed by atoms with E-state index in [-0.39, 0.29) is 34.4 Å². The van der Waals surface area contributed by atoms with Crippen LogP contribution in [0.15, 0.2) is 62.7 Å². The van der Waals surface area contributed by atoms with Crippen molar-refractivity contribution in [1.29, 1.82) is 0 Å². The highest BCUT2D eigenvalue weighted by atomic mass is 32.2. The number of thioether (sulfide) groups is 1. The monoisotopic (exact) mass is 572 g/mol. The van der Waals surface area contributed by atoms with Crippen LogP contribution < -0.4 is 5.43 Å². The van der Waals surface area contributed by atoms with E-state index in [9.17, 15) is 19.5 Å². The van der Waals surface area contributed by atoms with Crippen molar-refractivity contribution in [2.75, 3.05) is 14.2 Å². The highest BCUT2D eigenvalue weighted by Gasteiger charge is 2.19. The van der Waals surface area contributed by atoms with Gasteiger partial charge in [-0.05, 0) is 43.9 Å². The lowest BCUT2D eigenvalue weighted by Gasteiger charge is -2.19. The molecule has 220 valence electrons. The van der Waals surface area contributed by atoms with Crippen molar-refractivity contribution in [3.05, 3.63) is 64.6 Å². The van der Waals surface area contributed by atoms with Crippen molar-refractivity contribution in [3.8, 4) is 0 Å². The number of hydrogen-bond acceptors (Lipinski definition) is 8. The second-order valence-electron chi connectivity index (χ2n) is 9.82. The van der Waals surface area contributed by atoms with Gasteiger partial charge in [-0.15, -0.1) is 11.8 Å². The van der Waals surface area contributed by atoms with E-state index in [2.05, 4.69) is 17.7 Å². The molecule has 2 atom stereocenters. The number of hydrogen-bond donors (Lipinski definition) is 1. The minimum absolute atomic E-state index is 0.164. The fourth-order valence-corrected chi connectivity index (χ4v) is 5.38. The minimum Gasteiger partial charge on any atom is -0.469 e. The lowest BCUT2D eigenvalue weighted by molar-refractivity contribution is -0.140. The summed E-state index contributed by atoms with van der Waals surface area (Å²) in [5.74, 6) is -1.19. The van der Waals surface area contributed by atoms with E-state index in [1.165, 1.54) is 77.3 Å². The van der Waals surface area contributed by atoms with Gasteiger partial charge in [-0.2, -0.15) is 0 Å². The number of aliphatic hydroxyl groups is 1. The van der Waals surface area contributed by atoms with Crippen molar-refractivity contribution in [3.63, 3.8) is 0 Å². The molecule has 0 amide bonds. The van der Waals surface area contributed by atoms with E-state index >= 15 is 0 Å². The van der Waals surface area contributed by atoms with E-state index in [4.69, 9.17) is 9.15 Å². The Bertz CT molecular complexity index is 1170. The quantitative estimate of drug-likeness (QED) is 0.0804. The number of rotatable bonds is 19. The highest BCUT2D eigenvalue weighted by molar-refractivity contribution is 8.00. The van der Waals surface area contributed by atoms with E-state index < -0.39 is 12.1 Å². The normalized spacial score (nSPS) is 13.2. The zero-order valence-corrected chi connectivity index (χ0v) is 24.9. The van der Waals surface area contributed by atoms with Crippen LogP contribution in [-0.4, -0.2) is 42.6 Å². The van der Waals surface area contributed by atoms with Crippen LogP contribution in [0.4, 0.5) is 0 Å². The standard InChI is InChI=1S/C32H44O7S/c1-4-5-6-7-8-9-10-11-12-13-14-15-18-30(26(33)17-16-19-31(35)37-2)40-24-20-21-25-27(34)23-29(32(36)38-3)39-28(25)22-24/h13-15,18,20-23,26,30,33H,4-12,16-17,19H2,1-3H3/b14-13-,18-15+/t26-,30+/m0/s1. The van der Waals surface area contributed by atoms with Gasteiger partial charge in [-0.3, -0.25) is 9.59 Å². The number of esters is 2. The first-order chi connectivity index (χ1) is 19.4. The SMILES string of the molecule is CCCCCCCCCC/C=C\C=C\[C@@H](Sc1ccc2c(=O)cc(C(=O)OC)oc2c1)[C@@H](O)CCCC(=O)OC. The van der Waals surface area contributed by atoms with Crippen molar-refractivity contribution < 1.29 is 28.6 Å². The first-order valence-electron chi connectivity index (χ1n) is 14.3. The Morgan fingerprint density at radius 3 is 2.40 bits per heavy atom. The van der Waals surface area contributed by atoms with Crippen molar-refractivity contribution in [2.24, 2.45) is 0 Å².